The summed E-state index contributed by atoms with van der Waals surface area (Å²) in [5.74, 6) is 0.646. The first kappa shape index (κ1) is 36.1. The zero-order valence-electron chi connectivity index (χ0n) is 26.7. The maximum atomic E-state index is 13.0. The number of esters is 1. The van der Waals surface area contributed by atoms with Crippen molar-refractivity contribution < 1.29 is 32.2 Å². The SMILES string of the molecule is CC(C)[C@H](C(=O)O[C@H](C#N)c1cccc(Oc2ccccc2)c1)c1ccc(Cl)cc1.FC(F)(F)c1ccc2c(c1)NC(c1ccncc1Cl)O2. The third-order valence-electron chi connectivity index (χ3n) is 7.57. The molecule has 0 bridgehead atoms. The lowest BCUT2D eigenvalue weighted by atomic mass is 9.88. The summed E-state index contributed by atoms with van der Waals surface area (Å²) in [6, 6.07) is 30.5. The van der Waals surface area contributed by atoms with E-state index in [-0.39, 0.29) is 11.6 Å². The summed E-state index contributed by atoms with van der Waals surface area (Å²) in [4.78, 5) is 16.8. The molecule has 50 heavy (non-hydrogen) atoms. The van der Waals surface area contributed by atoms with Crippen LogP contribution in [-0.2, 0) is 15.7 Å². The fraction of sp³-hybridized carbons (Fsp3) is 0.184. The van der Waals surface area contributed by atoms with Crippen LogP contribution in [0.25, 0.3) is 0 Å². The second kappa shape index (κ2) is 16.0. The van der Waals surface area contributed by atoms with Gasteiger partial charge in [-0.3, -0.25) is 9.78 Å². The fourth-order valence-electron chi connectivity index (χ4n) is 5.15. The topological polar surface area (TPSA) is 93.5 Å². The standard InChI is InChI=1S/C25H22ClNO3.C13H8ClF3N2O/c1-17(2)24(18-11-13-20(26)14-12-18)25(28)30-23(16-27)19-7-6-10-22(15-19)29-21-8-4-3-5-9-21;14-9-6-18-4-3-8(9)12-19-10-5-7(13(15,16)17)1-2-11(10)20-12/h3-15,17,23-24H,1-2H3;1-6,12,19H/t23-,24+;/m1./s1. The Morgan fingerprint density at radius 2 is 1.64 bits per heavy atom. The quantitative estimate of drug-likeness (QED) is 0.160. The highest BCUT2D eigenvalue weighted by Gasteiger charge is 2.34. The van der Waals surface area contributed by atoms with Crippen LogP contribution >= 0.6 is 23.2 Å². The lowest BCUT2D eigenvalue weighted by molar-refractivity contribution is -0.150. The number of carbonyl (C=O) groups excluding carboxylic acids is 1. The van der Waals surface area contributed by atoms with Crippen molar-refractivity contribution in [1.82, 2.24) is 4.98 Å². The molecule has 5 aromatic rings. The molecule has 12 heteroatoms. The van der Waals surface area contributed by atoms with Crippen molar-refractivity contribution >= 4 is 34.9 Å². The van der Waals surface area contributed by atoms with Crippen molar-refractivity contribution in [1.29, 1.82) is 5.26 Å². The molecule has 0 amide bonds. The average molecular weight is 721 g/mol. The Bertz CT molecular complexity index is 1970. The highest BCUT2D eigenvalue weighted by molar-refractivity contribution is 6.31. The number of hydrogen-bond acceptors (Lipinski definition) is 7. The van der Waals surface area contributed by atoms with E-state index in [1.165, 1.54) is 18.5 Å². The predicted octanol–water partition coefficient (Wildman–Crippen LogP) is 10.9. The lowest BCUT2D eigenvalue weighted by Crippen LogP contribution is -2.22. The van der Waals surface area contributed by atoms with Gasteiger partial charge in [0.25, 0.3) is 0 Å². The number of alkyl halides is 3. The van der Waals surface area contributed by atoms with Crippen LogP contribution in [0.5, 0.6) is 17.2 Å². The smallest absolute Gasteiger partial charge is 0.416 e. The molecular weight excluding hydrogens is 690 g/mol. The van der Waals surface area contributed by atoms with Crippen LogP contribution in [0.2, 0.25) is 10.0 Å². The van der Waals surface area contributed by atoms with Crippen molar-refractivity contribution in [3.63, 3.8) is 0 Å². The molecular formula is C38H30Cl2F3N3O4. The van der Waals surface area contributed by atoms with Crippen molar-refractivity contribution in [2.24, 2.45) is 5.92 Å². The molecule has 256 valence electrons. The Balaban J connectivity index is 0.000000210. The zero-order chi connectivity index (χ0) is 35.8. The van der Waals surface area contributed by atoms with Gasteiger partial charge in [0.05, 0.1) is 22.2 Å². The second-order valence-electron chi connectivity index (χ2n) is 11.5. The van der Waals surface area contributed by atoms with Crippen molar-refractivity contribution in [3.05, 3.63) is 148 Å². The number of nitrogens with zero attached hydrogens (tertiary/aromatic N) is 2. The maximum absolute atomic E-state index is 13.0. The van der Waals surface area contributed by atoms with Gasteiger partial charge in [0.2, 0.25) is 6.10 Å². The Morgan fingerprint density at radius 3 is 2.30 bits per heavy atom. The summed E-state index contributed by atoms with van der Waals surface area (Å²) < 4.78 is 54.9. The van der Waals surface area contributed by atoms with E-state index in [9.17, 15) is 23.2 Å². The zero-order valence-corrected chi connectivity index (χ0v) is 28.2. The van der Waals surface area contributed by atoms with Crippen molar-refractivity contribution in [3.8, 4) is 23.3 Å². The number of nitrogens with one attached hydrogen (secondary N) is 1. The van der Waals surface area contributed by atoms with Crippen LogP contribution in [0, 0.1) is 17.2 Å². The molecule has 2 heterocycles. The van der Waals surface area contributed by atoms with Gasteiger partial charge in [-0.1, -0.05) is 79.5 Å². The number of ether oxygens (including phenoxy) is 3. The number of anilines is 1. The molecule has 0 aliphatic carbocycles. The molecule has 6 rings (SSSR count). The highest BCUT2D eigenvalue weighted by Crippen LogP contribution is 2.42. The van der Waals surface area contributed by atoms with E-state index < -0.39 is 36.0 Å². The van der Waals surface area contributed by atoms with Gasteiger partial charge < -0.3 is 19.5 Å². The van der Waals surface area contributed by atoms with Crippen LogP contribution in [0.15, 0.2) is 116 Å². The lowest BCUT2D eigenvalue weighted by Gasteiger charge is -2.22. The minimum atomic E-state index is -4.39. The van der Waals surface area contributed by atoms with E-state index in [1.54, 1.807) is 42.5 Å². The van der Waals surface area contributed by atoms with E-state index in [0.717, 1.165) is 17.7 Å². The summed E-state index contributed by atoms with van der Waals surface area (Å²) in [7, 11) is 0. The highest BCUT2D eigenvalue weighted by atomic mass is 35.5. The normalized spacial score (nSPS) is 14.5. The molecule has 0 saturated carbocycles. The second-order valence-corrected chi connectivity index (χ2v) is 12.3. The number of pyridine rings is 1. The van der Waals surface area contributed by atoms with Gasteiger partial charge in [0.1, 0.15) is 23.3 Å². The van der Waals surface area contributed by atoms with Crippen LogP contribution in [-0.4, -0.2) is 11.0 Å². The summed E-state index contributed by atoms with van der Waals surface area (Å²) in [5.41, 5.74) is 1.54. The molecule has 0 spiro atoms. The van der Waals surface area contributed by atoms with Crippen LogP contribution in [0.3, 0.4) is 0 Å². The predicted molar refractivity (Wildman–Crippen MR) is 184 cm³/mol. The number of hydrogen-bond donors (Lipinski definition) is 1. The maximum Gasteiger partial charge on any atom is 0.416 e. The molecule has 0 saturated heterocycles. The summed E-state index contributed by atoms with van der Waals surface area (Å²) in [5, 5.41) is 13.5. The van der Waals surface area contributed by atoms with E-state index >= 15 is 0 Å². The van der Waals surface area contributed by atoms with Gasteiger partial charge in [0.15, 0.2) is 6.23 Å². The van der Waals surface area contributed by atoms with Gasteiger partial charge in [-0.15, -0.1) is 0 Å². The third-order valence-corrected chi connectivity index (χ3v) is 8.13. The first-order valence-electron chi connectivity index (χ1n) is 15.3. The van der Waals surface area contributed by atoms with Crippen LogP contribution in [0.4, 0.5) is 18.9 Å². The van der Waals surface area contributed by atoms with Gasteiger partial charge in [0, 0.05) is 28.5 Å². The largest absolute Gasteiger partial charge is 0.464 e. The molecule has 4 aromatic carbocycles. The number of fused-ring (bicyclic) bond motifs is 1. The van der Waals surface area contributed by atoms with Gasteiger partial charge >= 0.3 is 12.1 Å². The first-order chi connectivity index (χ1) is 23.9. The number of rotatable bonds is 8. The van der Waals surface area contributed by atoms with E-state index in [4.69, 9.17) is 37.4 Å². The minimum absolute atomic E-state index is 0.00855. The number of benzene rings is 4. The van der Waals surface area contributed by atoms with Gasteiger partial charge in [-0.25, -0.2) is 0 Å². The fourth-order valence-corrected chi connectivity index (χ4v) is 5.49. The van der Waals surface area contributed by atoms with Gasteiger partial charge in [-0.2, -0.15) is 18.4 Å². The molecule has 1 aliphatic heterocycles. The van der Waals surface area contributed by atoms with E-state index in [1.807, 2.05) is 56.3 Å². The molecule has 0 radical (unpaired) electrons. The van der Waals surface area contributed by atoms with E-state index in [0.29, 0.717) is 38.4 Å². The van der Waals surface area contributed by atoms with Crippen LogP contribution in [0.1, 0.15) is 54.4 Å². The Labute approximate surface area is 297 Å². The monoisotopic (exact) mass is 719 g/mol. The molecule has 3 atom stereocenters. The molecule has 1 unspecified atom stereocenters. The van der Waals surface area contributed by atoms with Crippen LogP contribution < -0.4 is 14.8 Å². The van der Waals surface area contributed by atoms with Crippen molar-refractivity contribution in [2.75, 3.05) is 5.32 Å². The molecule has 1 aliphatic rings. The molecule has 7 nitrogen and oxygen atoms in total. The Hall–Kier alpha value is -5.24. The number of carbonyl (C=O) groups is 1. The third kappa shape index (κ3) is 9.05. The minimum Gasteiger partial charge on any atom is -0.464 e. The molecule has 0 fully saturated rings. The van der Waals surface area contributed by atoms with E-state index in [2.05, 4.69) is 16.4 Å². The molecule has 1 aromatic heterocycles. The van der Waals surface area contributed by atoms with Gasteiger partial charge in [-0.05, 0) is 72.1 Å². The summed E-state index contributed by atoms with van der Waals surface area (Å²) >= 11 is 12.0. The average Bonchev–Trinajstić information content (AvgIpc) is 3.52. The summed E-state index contributed by atoms with van der Waals surface area (Å²) in [6.45, 7) is 3.88. The Kier molecular flexibility index (Phi) is 11.5. The summed E-state index contributed by atoms with van der Waals surface area (Å²) in [6.07, 6.45) is -3.06. The number of aromatic nitrogens is 1. The number of nitriles is 1. The van der Waals surface area contributed by atoms with Crippen molar-refractivity contribution in [2.45, 2.75) is 38.3 Å². The number of halogens is 5. The Morgan fingerprint density at radius 1 is 0.920 bits per heavy atom. The molecule has 1 N–H and O–H groups in total. The first-order valence-corrected chi connectivity index (χ1v) is 16.1. The number of para-hydroxylation sites is 1.